The number of aliphatic hydroxyl groups excluding tert-OH is 1. The minimum Gasteiger partial charge on any atom is -0.465 e. The Morgan fingerprint density at radius 3 is 2.58 bits per heavy atom. The molecule has 2 bridgehead atoms. The van der Waals surface area contributed by atoms with Crippen LogP contribution in [0.25, 0.3) is 0 Å². The minimum absolute atomic E-state index is 0.0490. The van der Waals surface area contributed by atoms with Crippen LogP contribution < -0.4 is 0 Å². The van der Waals surface area contributed by atoms with E-state index in [-0.39, 0.29) is 37.0 Å². The zero-order valence-corrected chi connectivity index (χ0v) is 23.4. The van der Waals surface area contributed by atoms with Crippen LogP contribution in [0.15, 0.2) is 25.3 Å². The van der Waals surface area contributed by atoms with Crippen LogP contribution in [0.4, 0.5) is 0 Å². The number of hydrogen-bond acceptors (Lipinski definition) is 6. The van der Waals surface area contributed by atoms with E-state index in [0.29, 0.717) is 19.4 Å². The van der Waals surface area contributed by atoms with E-state index < -0.39 is 41.1 Å². The Labute approximate surface area is 227 Å². The highest BCUT2D eigenvalue weighted by atomic mass is 16.6. The van der Waals surface area contributed by atoms with Gasteiger partial charge in [-0.1, -0.05) is 38.3 Å². The number of esters is 1. The molecule has 0 aromatic heterocycles. The highest BCUT2D eigenvalue weighted by Crippen LogP contribution is 2.65. The van der Waals surface area contributed by atoms with Crippen molar-refractivity contribution in [3.8, 4) is 0 Å². The number of aliphatic hydroxyl groups is 1. The molecule has 1 saturated carbocycles. The van der Waals surface area contributed by atoms with E-state index in [4.69, 9.17) is 9.47 Å². The van der Waals surface area contributed by atoms with Gasteiger partial charge in [0.1, 0.15) is 17.6 Å². The van der Waals surface area contributed by atoms with Crippen LogP contribution in [0.3, 0.4) is 0 Å². The number of ether oxygens (including phenoxy) is 2. The zero-order chi connectivity index (χ0) is 27.7. The molecular weight excluding hydrogens is 484 g/mol. The maximum absolute atomic E-state index is 14.5. The quantitative estimate of drug-likeness (QED) is 0.235. The molecule has 212 valence electrons. The maximum Gasteiger partial charge on any atom is 0.312 e. The minimum atomic E-state index is -1.13. The average Bonchev–Trinajstić information content (AvgIpc) is 3.43. The lowest BCUT2D eigenvalue weighted by molar-refractivity contribution is -0.164. The number of allylic oxidation sites excluding steroid dienone is 1. The summed E-state index contributed by atoms with van der Waals surface area (Å²) in [5.74, 6) is -2.56. The van der Waals surface area contributed by atoms with E-state index >= 15 is 0 Å². The summed E-state index contributed by atoms with van der Waals surface area (Å²) in [7, 11) is 0. The van der Waals surface area contributed by atoms with Crippen molar-refractivity contribution in [2.75, 3.05) is 19.8 Å². The molecule has 8 heteroatoms. The van der Waals surface area contributed by atoms with Gasteiger partial charge in [0.05, 0.1) is 30.8 Å². The van der Waals surface area contributed by atoms with Gasteiger partial charge in [0.15, 0.2) is 0 Å². The summed E-state index contributed by atoms with van der Waals surface area (Å²) < 4.78 is 12.5. The summed E-state index contributed by atoms with van der Waals surface area (Å²) >= 11 is 0. The van der Waals surface area contributed by atoms with E-state index in [1.165, 1.54) is 4.90 Å². The predicted molar refractivity (Wildman–Crippen MR) is 144 cm³/mol. The van der Waals surface area contributed by atoms with Crippen LogP contribution in [0.2, 0.25) is 0 Å². The van der Waals surface area contributed by atoms with Crippen LogP contribution in [0.1, 0.15) is 78.6 Å². The van der Waals surface area contributed by atoms with Crippen LogP contribution in [0.5, 0.6) is 0 Å². The summed E-state index contributed by atoms with van der Waals surface area (Å²) in [6.45, 7) is 13.7. The van der Waals surface area contributed by atoms with Crippen LogP contribution >= 0.6 is 0 Å². The molecule has 0 aromatic carbocycles. The predicted octanol–water partition coefficient (Wildman–Crippen LogP) is 3.62. The fourth-order valence-corrected chi connectivity index (χ4v) is 7.64. The molecule has 8 nitrogen and oxygen atoms in total. The highest BCUT2D eigenvalue weighted by molar-refractivity contribution is 5.99. The van der Waals surface area contributed by atoms with Crippen molar-refractivity contribution in [3.05, 3.63) is 25.3 Å². The van der Waals surface area contributed by atoms with Gasteiger partial charge in [-0.3, -0.25) is 14.4 Å². The first-order valence-electron chi connectivity index (χ1n) is 14.5. The SMILES string of the molecule is C=CCCCCOC(=O)[C@H]1[C@H]2C(=O)N([C@H](C)CO)C(C(=O)N(CC=C)C3CCCCC3)C23CC(C)[C@]1(C)O3. The van der Waals surface area contributed by atoms with Gasteiger partial charge < -0.3 is 24.4 Å². The maximum atomic E-state index is 14.5. The zero-order valence-electron chi connectivity index (χ0n) is 23.4. The molecule has 1 N–H and O–H groups in total. The van der Waals surface area contributed by atoms with Gasteiger partial charge in [-0.05, 0) is 58.3 Å². The lowest BCUT2D eigenvalue weighted by Gasteiger charge is -2.42. The standard InChI is InChI=1S/C30H46N2O6/c1-6-8-9-13-17-37-28(36)24-23-26(34)32(21(4)19-33)25(30(23)18-20(3)29(24,5)38-30)27(35)31(16-7-2)22-14-11-10-12-15-22/h6-7,20-25,33H,1-2,8-19H2,3-5H3/t20?,21-,23+,24-,25?,29+,30?/m1/s1. The molecule has 1 aliphatic carbocycles. The molecule has 2 amide bonds. The van der Waals surface area contributed by atoms with Gasteiger partial charge >= 0.3 is 5.97 Å². The average molecular weight is 531 g/mol. The molecule has 7 atom stereocenters. The second kappa shape index (κ2) is 11.5. The fraction of sp³-hybridized carbons (Fsp3) is 0.767. The lowest BCUT2D eigenvalue weighted by Crippen LogP contribution is -2.60. The van der Waals surface area contributed by atoms with Gasteiger partial charge in [-0.25, -0.2) is 0 Å². The van der Waals surface area contributed by atoms with Gasteiger partial charge in [-0.15, -0.1) is 13.2 Å². The molecule has 0 aromatic rings. The highest BCUT2D eigenvalue weighted by Gasteiger charge is 2.80. The fourth-order valence-electron chi connectivity index (χ4n) is 7.64. The Balaban J connectivity index is 1.70. The van der Waals surface area contributed by atoms with Crippen LogP contribution in [0, 0.1) is 17.8 Å². The third kappa shape index (κ3) is 4.61. The van der Waals surface area contributed by atoms with Gasteiger partial charge in [0.25, 0.3) is 0 Å². The van der Waals surface area contributed by atoms with E-state index in [1.807, 2.05) is 24.8 Å². The Morgan fingerprint density at radius 2 is 1.95 bits per heavy atom. The Kier molecular flexibility index (Phi) is 8.72. The molecular formula is C30H46N2O6. The smallest absolute Gasteiger partial charge is 0.312 e. The van der Waals surface area contributed by atoms with Crippen molar-refractivity contribution in [2.24, 2.45) is 17.8 Å². The van der Waals surface area contributed by atoms with E-state index in [9.17, 15) is 19.5 Å². The molecule has 4 fully saturated rings. The van der Waals surface area contributed by atoms with Crippen molar-refractivity contribution < 1.29 is 29.0 Å². The first kappa shape index (κ1) is 28.8. The number of likely N-dealkylation sites (tertiary alicyclic amines) is 1. The third-order valence-electron chi connectivity index (χ3n) is 9.65. The summed E-state index contributed by atoms with van der Waals surface area (Å²) in [6.07, 6.45) is 11.6. The van der Waals surface area contributed by atoms with Crippen LogP contribution in [-0.4, -0.2) is 81.8 Å². The number of carbonyl (C=O) groups excluding carboxylic acids is 3. The largest absolute Gasteiger partial charge is 0.465 e. The number of nitrogens with zero attached hydrogens (tertiary/aromatic N) is 2. The number of hydrogen-bond donors (Lipinski definition) is 1. The van der Waals surface area contributed by atoms with E-state index in [0.717, 1.165) is 44.9 Å². The molecule has 1 spiro atoms. The normalized spacial score (nSPS) is 35.2. The van der Waals surface area contributed by atoms with Crippen LogP contribution in [-0.2, 0) is 23.9 Å². The molecule has 4 rings (SSSR count). The number of unbranched alkanes of at least 4 members (excludes halogenated alkanes) is 2. The number of amides is 2. The Morgan fingerprint density at radius 1 is 1.24 bits per heavy atom. The summed E-state index contributed by atoms with van der Waals surface area (Å²) in [6, 6.07) is -1.41. The Bertz CT molecular complexity index is 932. The molecule has 3 saturated heterocycles. The number of fused-ring (bicyclic) bond motifs is 1. The number of carbonyl (C=O) groups is 3. The first-order chi connectivity index (χ1) is 18.2. The molecule has 38 heavy (non-hydrogen) atoms. The third-order valence-corrected chi connectivity index (χ3v) is 9.65. The van der Waals surface area contributed by atoms with Crippen molar-refractivity contribution in [1.29, 1.82) is 0 Å². The van der Waals surface area contributed by atoms with Gasteiger partial charge in [0.2, 0.25) is 11.8 Å². The van der Waals surface area contributed by atoms with E-state index in [2.05, 4.69) is 13.2 Å². The molecule has 3 heterocycles. The summed E-state index contributed by atoms with van der Waals surface area (Å²) in [5.41, 5.74) is -2.04. The van der Waals surface area contributed by atoms with Crippen molar-refractivity contribution in [2.45, 2.75) is 108 Å². The molecule has 0 radical (unpaired) electrons. The topological polar surface area (TPSA) is 96.4 Å². The number of rotatable bonds is 12. The molecule has 3 aliphatic heterocycles. The summed E-state index contributed by atoms with van der Waals surface area (Å²) in [4.78, 5) is 45.6. The summed E-state index contributed by atoms with van der Waals surface area (Å²) in [5, 5.41) is 10.1. The second-order valence-corrected chi connectivity index (χ2v) is 12.0. The second-order valence-electron chi connectivity index (χ2n) is 12.0. The lowest BCUT2D eigenvalue weighted by atomic mass is 9.62. The van der Waals surface area contributed by atoms with E-state index in [1.54, 1.807) is 13.0 Å². The first-order valence-corrected chi connectivity index (χ1v) is 14.5. The molecule has 4 aliphatic rings. The van der Waals surface area contributed by atoms with Gasteiger partial charge in [0, 0.05) is 12.6 Å². The van der Waals surface area contributed by atoms with Gasteiger partial charge in [-0.2, -0.15) is 0 Å². The molecule has 3 unspecified atom stereocenters. The Hall–Kier alpha value is -2.19. The van der Waals surface area contributed by atoms with Crippen molar-refractivity contribution in [3.63, 3.8) is 0 Å². The monoisotopic (exact) mass is 530 g/mol. The van der Waals surface area contributed by atoms with Crippen molar-refractivity contribution in [1.82, 2.24) is 9.80 Å². The van der Waals surface area contributed by atoms with Crippen molar-refractivity contribution >= 4 is 17.8 Å².